The number of carboxylic acids is 1. The molecule has 1 fully saturated rings. The lowest BCUT2D eigenvalue weighted by atomic mass is 9.97. The van der Waals surface area contributed by atoms with Gasteiger partial charge in [-0.15, -0.1) is 0 Å². The van der Waals surface area contributed by atoms with Gasteiger partial charge in [0.05, 0.1) is 12.0 Å². The number of urea groups is 1. The molecular weight excluding hydrogens is 371 g/mol. The van der Waals surface area contributed by atoms with Crippen LogP contribution in [0.3, 0.4) is 0 Å². The molecule has 2 amide bonds. The average molecular weight is 391 g/mol. The Kier molecular flexibility index (Phi) is 5.96. The summed E-state index contributed by atoms with van der Waals surface area (Å²) in [6, 6.07) is 12.0. The van der Waals surface area contributed by atoms with Gasteiger partial charge in [-0.3, -0.25) is 4.79 Å². The van der Waals surface area contributed by atoms with E-state index in [1.807, 2.05) is 0 Å². The van der Waals surface area contributed by atoms with Crippen LogP contribution in [0.25, 0.3) is 0 Å². The highest BCUT2D eigenvalue weighted by Gasteiger charge is 2.29. The maximum absolute atomic E-state index is 13.7. The van der Waals surface area contributed by atoms with Crippen LogP contribution in [0.15, 0.2) is 48.5 Å². The molecule has 0 spiro atoms. The first-order valence-corrected chi connectivity index (χ1v) is 9.11. The first-order chi connectivity index (χ1) is 12.9. The van der Waals surface area contributed by atoms with Crippen molar-refractivity contribution < 1.29 is 19.1 Å². The minimum atomic E-state index is -0.899. The van der Waals surface area contributed by atoms with Gasteiger partial charge < -0.3 is 15.3 Å². The van der Waals surface area contributed by atoms with Crippen LogP contribution in [-0.2, 0) is 4.79 Å². The van der Waals surface area contributed by atoms with Crippen molar-refractivity contribution in [2.75, 3.05) is 13.1 Å². The molecule has 1 aliphatic rings. The number of nitrogens with one attached hydrogen (secondary N) is 1. The standard InChI is InChI=1S/C20H20ClFN2O3/c21-16-7-1-4-13(10-16)18(14-5-2-8-17(22)11-14)23-20(27)24-9-3-6-15(12-24)19(25)26/h1-2,4-5,7-8,10-11,15,18H,3,6,9,12H2,(H,23,27)(H,25,26). The molecular formula is C20H20ClFN2O3. The molecule has 3 rings (SSSR count). The van der Waals surface area contributed by atoms with Gasteiger partial charge in [0, 0.05) is 18.1 Å². The van der Waals surface area contributed by atoms with Crippen LogP contribution < -0.4 is 5.32 Å². The highest BCUT2D eigenvalue weighted by atomic mass is 35.5. The lowest BCUT2D eigenvalue weighted by Gasteiger charge is -2.32. The van der Waals surface area contributed by atoms with E-state index in [1.165, 1.54) is 17.0 Å². The normalized spacial score (nSPS) is 18.0. The summed E-state index contributed by atoms with van der Waals surface area (Å²) in [5.41, 5.74) is 1.30. The van der Waals surface area contributed by atoms with Crippen LogP contribution in [0.2, 0.25) is 5.02 Å². The maximum Gasteiger partial charge on any atom is 0.318 e. The Balaban J connectivity index is 1.85. The molecule has 0 saturated carbocycles. The number of likely N-dealkylation sites (tertiary alicyclic amines) is 1. The van der Waals surface area contributed by atoms with Crippen molar-refractivity contribution in [2.24, 2.45) is 5.92 Å². The number of halogens is 2. The van der Waals surface area contributed by atoms with Gasteiger partial charge in [-0.2, -0.15) is 0 Å². The molecule has 0 aliphatic carbocycles. The Hall–Kier alpha value is -2.60. The van der Waals surface area contributed by atoms with Crippen LogP contribution in [0.5, 0.6) is 0 Å². The zero-order valence-corrected chi connectivity index (χ0v) is 15.3. The number of carboxylic acid groups (broad SMARTS) is 1. The largest absolute Gasteiger partial charge is 0.481 e. The maximum atomic E-state index is 13.7. The predicted octanol–water partition coefficient (Wildman–Crippen LogP) is 4.07. The number of rotatable bonds is 4. The van der Waals surface area contributed by atoms with Crippen molar-refractivity contribution in [1.29, 1.82) is 0 Å². The molecule has 1 heterocycles. The molecule has 0 radical (unpaired) electrons. The molecule has 7 heteroatoms. The van der Waals surface area contributed by atoms with Gasteiger partial charge in [-0.05, 0) is 48.2 Å². The van der Waals surface area contributed by atoms with E-state index in [9.17, 15) is 19.1 Å². The number of carbonyl (C=O) groups is 2. The van der Waals surface area contributed by atoms with Gasteiger partial charge in [0.1, 0.15) is 5.82 Å². The van der Waals surface area contributed by atoms with Gasteiger partial charge in [-0.25, -0.2) is 9.18 Å². The zero-order chi connectivity index (χ0) is 19.4. The summed E-state index contributed by atoms with van der Waals surface area (Å²) in [5, 5.41) is 12.6. The number of nitrogens with zero attached hydrogens (tertiary/aromatic N) is 1. The Bertz CT molecular complexity index is 800. The number of hydrogen-bond acceptors (Lipinski definition) is 2. The molecule has 0 bridgehead atoms. The quantitative estimate of drug-likeness (QED) is 0.826. The molecule has 2 aromatic carbocycles. The molecule has 1 saturated heterocycles. The number of carbonyl (C=O) groups excluding carboxylic acids is 1. The van der Waals surface area contributed by atoms with Gasteiger partial charge in [0.25, 0.3) is 0 Å². The van der Waals surface area contributed by atoms with Crippen molar-refractivity contribution in [3.05, 3.63) is 70.5 Å². The Labute approximate surface area is 161 Å². The molecule has 27 heavy (non-hydrogen) atoms. The van der Waals surface area contributed by atoms with Gasteiger partial charge in [-0.1, -0.05) is 35.9 Å². The Morgan fingerprint density at radius 3 is 2.56 bits per heavy atom. The second kappa shape index (κ2) is 8.39. The summed E-state index contributed by atoms with van der Waals surface area (Å²) < 4.78 is 13.7. The second-order valence-electron chi connectivity index (χ2n) is 6.62. The number of benzene rings is 2. The fraction of sp³-hybridized carbons (Fsp3) is 0.300. The zero-order valence-electron chi connectivity index (χ0n) is 14.6. The van der Waals surface area contributed by atoms with Gasteiger partial charge in [0.15, 0.2) is 0 Å². The lowest BCUT2D eigenvalue weighted by Crippen LogP contribution is -2.48. The van der Waals surface area contributed by atoms with Crippen LogP contribution in [0, 0.1) is 11.7 Å². The van der Waals surface area contributed by atoms with Crippen LogP contribution in [-0.4, -0.2) is 35.1 Å². The first-order valence-electron chi connectivity index (χ1n) is 8.73. The fourth-order valence-corrected chi connectivity index (χ4v) is 3.51. The molecule has 5 nitrogen and oxygen atoms in total. The summed E-state index contributed by atoms with van der Waals surface area (Å²) in [6.07, 6.45) is 1.19. The molecule has 1 aliphatic heterocycles. The van der Waals surface area contributed by atoms with Crippen molar-refractivity contribution in [3.63, 3.8) is 0 Å². The SMILES string of the molecule is O=C(O)C1CCCN(C(=O)NC(c2cccc(F)c2)c2cccc(Cl)c2)C1. The van der Waals surface area contributed by atoms with E-state index >= 15 is 0 Å². The molecule has 2 unspecified atom stereocenters. The highest BCUT2D eigenvalue weighted by molar-refractivity contribution is 6.30. The Morgan fingerprint density at radius 2 is 1.89 bits per heavy atom. The highest BCUT2D eigenvalue weighted by Crippen LogP contribution is 2.26. The summed E-state index contributed by atoms with van der Waals surface area (Å²) in [7, 11) is 0. The number of amides is 2. The van der Waals surface area contributed by atoms with E-state index in [0.29, 0.717) is 35.5 Å². The third-order valence-corrected chi connectivity index (χ3v) is 4.92. The van der Waals surface area contributed by atoms with E-state index in [1.54, 1.807) is 36.4 Å². The van der Waals surface area contributed by atoms with Crippen LogP contribution in [0.1, 0.15) is 30.0 Å². The smallest absolute Gasteiger partial charge is 0.318 e. The predicted molar refractivity (Wildman–Crippen MR) is 100 cm³/mol. The van der Waals surface area contributed by atoms with Crippen LogP contribution >= 0.6 is 11.6 Å². The van der Waals surface area contributed by atoms with Crippen molar-refractivity contribution in [3.8, 4) is 0 Å². The minimum Gasteiger partial charge on any atom is -0.481 e. The van der Waals surface area contributed by atoms with Crippen molar-refractivity contribution in [1.82, 2.24) is 10.2 Å². The first kappa shape index (κ1) is 19.2. The molecule has 142 valence electrons. The van der Waals surface area contributed by atoms with Gasteiger partial charge >= 0.3 is 12.0 Å². The van der Waals surface area contributed by atoms with E-state index in [0.717, 1.165) is 0 Å². The van der Waals surface area contributed by atoms with E-state index in [2.05, 4.69) is 5.32 Å². The van der Waals surface area contributed by atoms with E-state index in [4.69, 9.17) is 11.6 Å². The summed E-state index contributed by atoms with van der Waals surface area (Å²) >= 11 is 6.08. The summed E-state index contributed by atoms with van der Waals surface area (Å²) in [4.78, 5) is 25.5. The topological polar surface area (TPSA) is 69.6 Å². The second-order valence-corrected chi connectivity index (χ2v) is 7.05. The van der Waals surface area contributed by atoms with E-state index < -0.39 is 23.7 Å². The van der Waals surface area contributed by atoms with E-state index in [-0.39, 0.29) is 12.6 Å². The summed E-state index contributed by atoms with van der Waals surface area (Å²) in [6.45, 7) is 0.646. The Morgan fingerprint density at radius 1 is 1.19 bits per heavy atom. The minimum absolute atomic E-state index is 0.159. The third-order valence-electron chi connectivity index (χ3n) is 4.69. The number of piperidine rings is 1. The third kappa shape index (κ3) is 4.77. The van der Waals surface area contributed by atoms with Crippen molar-refractivity contribution >= 4 is 23.6 Å². The molecule has 2 atom stereocenters. The lowest BCUT2D eigenvalue weighted by molar-refractivity contribution is -0.143. The molecule has 0 aromatic heterocycles. The number of aliphatic carboxylic acids is 1. The molecule has 2 aromatic rings. The van der Waals surface area contributed by atoms with Gasteiger partial charge in [0.2, 0.25) is 0 Å². The summed E-state index contributed by atoms with van der Waals surface area (Å²) in [5.74, 6) is -1.87. The average Bonchev–Trinajstić information content (AvgIpc) is 2.66. The number of hydrogen-bond donors (Lipinski definition) is 2. The monoisotopic (exact) mass is 390 g/mol. The van der Waals surface area contributed by atoms with Crippen LogP contribution in [0.4, 0.5) is 9.18 Å². The fourth-order valence-electron chi connectivity index (χ4n) is 3.31. The molecule has 2 N–H and O–H groups in total. The van der Waals surface area contributed by atoms with Crippen molar-refractivity contribution in [2.45, 2.75) is 18.9 Å².